The molecule has 0 aliphatic heterocycles. The second-order valence-electron chi connectivity index (χ2n) is 14.1. The van der Waals surface area contributed by atoms with Crippen LogP contribution in [0.3, 0.4) is 0 Å². The zero-order valence-electron chi connectivity index (χ0n) is 30.3. The van der Waals surface area contributed by atoms with Gasteiger partial charge in [-0.1, -0.05) is 146 Å². The number of hydrogen-bond donors (Lipinski definition) is 0. The Morgan fingerprint density at radius 2 is 0.714 bits per heavy atom. The molecule has 0 amide bonds. The third-order valence-corrected chi connectivity index (χ3v) is 10.8. The molecule has 3 heterocycles. The van der Waals surface area contributed by atoms with E-state index >= 15 is 0 Å². The first-order valence-corrected chi connectivity index (χ1v) is 18.9. The van der Waals surface area contributed by atoms with E-state index in [-0.39, 0.29) is 0 Å². The molecule has 262 valence electrons. The largest absolute Gasteiger partial charge is 0.309 e. The highest BCUT2D eigenvalue weighted by Crippen LogP contribution is 2.38. The van der Waals surface area contributed by atoms with Crippen molar-refractivity contribution in [3.63, 3.8) is 0 Å². The van der Waals surface area contributed by atoms with Crippen molar-refractivity contribution in [2.24, 2.45) is 0 Å². The van der Waals surface area contributed by atoms with Crippen molar-refractivity contribution in [2.45, 2.75) is 0 Å². The summed E-state index contributed by atoms with van der Waals surface area (Å²) >= 11 is 0. The summed E-state index contributed by atoms with van der Waals surface area (Å²) < 4.78 is 4.78. The van der Waals surface area contributed by atoms with Gasteiger partial charge in [-0.2, -0.15) is 0 Å². The molecule has 0 saturated heterocycles. The smallest absolute Gasteiger partial charge is 0.164 e. The first-order valence-electron chi connectivity index (χ1n) is 18.9. The maximum atomic E-state index is 5.01. The number of benzene rings is 8. The fourth-order valence-corrected chi connectivity index (χ4v) is 8.16. The summed E-state index contributed by atoms with van der Waals surface area (Å²) in [5.74, 6) is 1.93. The van der Waals surface area contributed by atoms with Crippen molar-refractivity contribution < 1.29 is 0 Å². The van der Waals surface area contributed by atoms with Gasteiger partial charge in [-0.25, -0.2) is 15.0 Å². The van der Waals surface area contributed by atoms with Gasteiger partial charge in [-0.3, -0.25) is 0 Å². The maximum Gasteiger partial charge on any atom is 0.164 e. The highest BCUT2D eigenvalue weighted by molar-refractivity contribution is 6.12. The maximum absolute atomic E-state index is 5.01. The third kappa shape index (κ3) is 5.29. The average molecular weight is 716 g/mol. The van der Waals surface area contributed by atoms with E-state index < -0.39 is 0 Å². The fraction of sp³-hybridized carbons (Fsp3) is 0. The van der Waals surface area contributed by atoms with Gasteiger partial charge < -0.3 is 9.13 Å². The topological polar surface area (TPSA) is 48.5 Å². The van der Waals surface area contributed by atoms with Crippen molar-refractivity contribution in [3.8, 4) is 56.7 Å². The van der Waals surface area contributed by atoms with Crippen LogP contribution in [0.5, 0.6) is 0 Å². The van der Waals surface area contributed by atoms with Crippen LogP contribution in [0.25, 0.3) is 100 Å². The molecule has 0 aliphatic carbocycles. The van der Waals surface area contributed by atoms with Gasteiger partial charge in [0.25, 0.3) is 0 Å². The van der Waals surface area contributed by atoms with E-state index in [2.05, 4.69) is 149 Å². The summed E-state index contributed by atoms with van der Waals surface area (Å²) in [6.07, 6.45) is 0. The van der Waals surface area contributed by atoms with Crippen molar-refractivity contribution in [1.29, 1.82) is 0 Å². The monoisotopic (exact) mass is 715 g/mol. The van der Waals surface area contributed by atoms with Crippen molar-refractivity contribution >= 4 is 43.6 Å². The molecule has 0 N–H and O–H groups in total. The normalized spacial score (nSPS) is 11.6. The van der Waals surface area contributed by atoms with E-state index in [4.69, 9.17) is 15.0 Å². The highest BCUT2D eigenvalue weighted by Gasteiger charge is 2.18. The predicted octanol–water partition coefficient (Wildman–Crippen LogP) is 12.7. The minimum Gasteiger partial charge on any atom is -0.309 e. The summed E-state index contributed by atoms with van der Waals surface area (Å²) in [6, 6.07) is 70.5. The van der Waals surface area contributed by atoms with Gasteiger partial charge in [0.2, 0.25) is 0 Å². The summed E-state index contributed by atoms with van der Waals surface area (Å²) in [5.41, 5.74) is 12.0. The van der Waals surface area contributed by atoms with Gasteiger partial charge in [-0.05, 0) is 65.7 Å². The molecule has 0 saturated carbocycles. The second kappa shape index (κ2) is 13.0. The molecule has 0 atom stereocenters. The molecule has 0 spiro atoms. The van der Waals surface area contributed by atoms with Crippen molar-refractivity contribution in [2.75, 3.05) is 0 Å². The zero-order valence-corrected chi connectivity index (χ0v) is 30.3. The molecule has 0 unspecified atom stereocenters. The molecular formula is C51H33N5. The SMILES string of the molecule is c1ccc(-c2nc(-c3ccccc3)nc(-c3cccc(-c4ccc5c6ccccc6n(-c6ccc7c(c6)c6ccccc6n7-c6ccccc6)c5c4)c3)n2)cc1. The number of para-hydroxylation sites is 3. The highest BCUT2D eigenvalue weighted by atomic mass is 15.0. The van der Waals surface area contributed by atoms with E-state index in [1.165, 1.54) is 38.1 Å². The molecule has 0 bridgehead atoms. The van der Waals surface area contributed by atoms with Gasteiger partial charge in [0.15, 0.2) is 17.5 Å². The first kappa shape index (κ1) is 31.9. The number of rotatable bonds is 6. The van der Waals surface area contributed by atoms with Crippen LogP contribution < -0.4 is 0 Å². The van der Waals surface area contributed by atoms with E-state index in [1.54, 1.807) is 0 Å². The average Bonchev–Trinajstić information content (AvgIpc) is 3.79. The lowest BCUT2D eigenvalue weighted by atomic mass is 10.0. The van der Waals surface area contributed by atoms with E-state index in [9.17, 15) is 0 Å². The van der Waals surface area contributed by atoms with Gasteiger partial charge in [0.1, 0.15) is 0 Å². The summed E-state index contributed by atoms with van der Waals surface area (Å²) in [4.78, 5) is 14.9. The Labute approximate surface area is 323 Å². The van der Waals surface area contributed by atoms with Crippen LogP contribution in [0.2, 0.25) is 0 Å². The molecule has 5 nitrogen and oxygen atoms in total. The van der Waals surface area contributed by atoms with Gasteiger partial charge >= 0.3 is 0 Å². The zero-order chi connectivity index (χ0) is 37.0. The molecule has 8 aromatic carbocycles. The Morgan fingerprint density at radius 1 is 0.250 bits per heavy atom. The van der Waals surface area contributed by atoms with Crippen LogP contribution >= 0.6 is 0 Å². The summed E-state index contributed by atoms with van der Waals surface area (Å²) in [6.45, 7) is 0. The Bertz CT molecular complexity index is 3180. The lowest BCUT2D eigenvalue weighted by Gasteiger charge is -2.12. The van der Waals surface area contributed by atoms with Crippen LogP contribution in [0.15, 0.2) is 200 Å². The van der Waals surface area contributed by atoms with Crippen molar-refractivity contribution in [1.82, 2.24) is 24.1 Å². The molecule has 11 aromatic rings. The van der Waals surface area contributed by atoms with Crippen LogP contribution in [0.1, 0.15) is 0 Å². The van der Waals surface area contributed by atoms with Gasteiger partial charge in [0.05, 0.1) is 22.1 Å². The van der Waals surface area contributed by atoms with E-state index in [0.717, 1.165) is 44.7 Å². The molecule has 11 rings (SSSR count). The number of fused-ring (bicyclic) bond motifs is 6. The van der Waals surface area contributed by atoms with Crippen LogP contribution in [-0.2, 0) is 0 Å². The lowest BCUT2D eigenvalue weighted by Crippen LogP contribution is -2.00. The second-order valence-corrected chi connectivity index (χ2v) is 14.1. The molecular weight excluding hydrogens is 683 g/mol. The number of aromatic nitrogens is 5. The third-order valence-electron chi connectivity index (χ3n) is 10.8. The summed E-state index contributed by atoms with van der Waals surface area (Å²) in [7, 11) is 0. The molecule has 0 aliphatic rings. The standard InChI is InChI=1S/C51H33N5/c1-4-15-34(16-5-1)49-52-50(35-17-6-2-7-18-35)54-51(53-49)38-20-14-19-36(31-38)37-27-29-43-41-23-10-12-25-45(41)56(48(43)32-37)40-28-30-47-44(33-40)42-24-11-13-26-46(42)55(47)39-21-8-3-9-22-39/h1-33H. The molecule has 0 radical (unpaired) electrons. The van der Waals surface area contributed by atoms with Crippen LogP contribution in [0.4, 0.5) is 0 Å². The fourth-order valence-electron chi connectivity index (χ4n) is 8.16. The molecule has 3 aromatic heterocycles. The van der Waals surface area contributed by atoms with E-state index in [0.29, 0.717) is 17.5 Å². The Morgan fingerprint density at radius 3 is 1.38 bits per heavy atom. The molecule has 5 heteroatoms. The Balaban J connectivity index is 1.07. The van der Waals surface area contributed by atoms with Gasteiger partial charge in [0, 0.05) is 49.6 Å². The number of hydrogen-bond acceptors (Lipinski definition) is 3. The van der Waals surface area contributed by atoms with Crippen LogP contribution in [0, 0.1) is 0 Å². The predicted molar refractivity (Wildman–Crippen MR) is 230 cm³/mol. The first-order chi connectivity index (χ1) is 27.8. The minimum absolute atomic E-state index is 0.637. The molecule has 0 fully saturated rings. The lowest BCUT2D eigenvalue weighted by molar-refractivity contribution is 1.07. The quantitative estimate of drug-likeness (QED) is 0.172. The van der Waals surface area contributed by atoms with Gasteiger partial charge in [-0.15, -0.1) is 0 Å². The van der Waals surface area contributed by atoms with Crippen LogP contribution in [-0.4, -0.2) is 24.1 Å². The Kier molecular flexibility index (Phi) is 7.42. The summed E-state index contributed by atoms with van der Waals surface area (Å²) in [5, 5.41) is 4.89. The van der Waals surface area contributed by atoms with Crippen molar-refractivity contribution in [3.05, 3.63) is 200 Å². The molecule has 56 heavy (non-hydrogen) atoms. The van der Waals surface area contributed by atoms with E-state index in [1.807, 2.05) is 60.7 Å². The number of nitrogens with zero attached hydrogens (tertiary/aromatic N) is 5. The Hall–Kier alpha value is -7.63. The minimum atomic E-state index is 0.637.